The van der Waals surface area contributed by atoms with Gasteiger partial charge in [-0.1, -0.05) is 30.3 Å². The molecule has 112 valence electrons. The Bertz CT molecular complexity index is 575. The topological polar surface area (TPSA) is 32.3 Å². The highest BCUT2D eigenvalue weighted by molar-refractivity contribution is 5.33. The Labute approximate surface area is 127 Å². The molecule has 0 aliphatic rings. The maximum atomic E-state index is 9.28. The highest BCUT2D eigenvalue weighted by Gasteiger charge is 2.05. The number of phenolic OH excluding ortho intramolecular Hbond substituents is 1. The van der Waals surface area contributed by atoms with Gasteiger partial charge in [0.2, 0.25) is 0 Å². The van der Waals surface area contributed by atoms with Gasteiger partial charge in [-0.25, -0.2) is 0 Å². The molecule has 0 aliphatic heterocycles. The van der Waals surface area contributed by atoms with Crippen LogP contribution in [0.1, 0.15) is 35.6 Å². The van der Waals surface area contributed by atoms with Crippen LogP contribution in [0, 0.1) is 13.8 Å². The summed E-state index contributed by atoms with van der Waals surface area (Å²) >= 11 is 0. The zero-order chi connectivity index (χ0) is 15.2. The van der Waals surface area contributed by atoms with Crippen molar-refractivity contribution in [2.45, 2.75) is 46.2 Å². The van der Waals surface area contributed by atoms with Crippen molar-refractivity contribution >= 4 is 0 Å². The fraction of sp³-hybridized carbons (Fsp3) is 0.368. The Balaban J connectivity index is 1.80. The minimum absolute atomic E-state index is 0.333. The van der Waals surface area contributed by atoms with E-state index in [0.29, 0.717) is 11.8 Å². The number of aryl methyl sites for hydroxylation is 2. The standard InChI is InChI=1S/C19H25NO/c1-14-5-4-6-18(16(14)3)13-20-15(2)7-8-17-9-11-19(21)12-10-17/h4-6,9-12,15,20-21H,7-8,13H2,1-3H3. The van der Waals surface area contributed by atoms with Gasteiger partial charge in [0, 0.05) is 12.6 Å². The molecule has 0 radical (unpaired) electrons. The second-order valence-corrected chi connectivity index (χ2v) is 5.85. The Morgan fingerprint density at radius 3 is 2.48 bits per heavy atom. The third-order valence-corrected chi connectivity index (χ3v) is 4.16. The summed E-state index contributed by atoms with van der Waals surface area (Å²) in [5.41, 5.74) is 5.39. The minimum Gasteiger partial charge on any atom is -0.508 e. The minimum atomic E-state index is 0.333. The van der Waals surface area contributed by atoms with Crippen molar-refractivity contribution in [2.75, 3.05) is 0 Å². The van der Waals surface area contributed by atoms with Crippen molar-refractivity contribution in [1.82, 2.24) is 5.32 Å². The average molecular weight is 283 g/mol. The third-order valence-electron chi connectivity index (χ3n) is 4.16. The lowest BCUT2D eigenvalue weighted by Crippen LogP contribution is -2.26. The van der Waals surface area contributed by atoms with Gasteiger partial charge in [-0.3, -0.25) is 0 Å². The maximum Gasteiger partial charge on any atom is 0.115 e. The van der Waals surface area contributed by atoms with E-state index in [1.807, 2.05) is 12.1 Å². The maximum absolute atomic E-state index is 9.28. The Hall–Kier alpha value is -1.80. The summed E-state index contributed by atoms with van der Waals surface area (Å²) in [6.45, 7) is 7.50. The monoisotopic (exact) mass is 283 g/mol. The van der Waals surface area contributed by atoms with Crippen molar-refractivity contribution in [3.05, 3.63) is 64.7 Å². The summed E-state index contributed by atoms with van der Waals surface area (Å²) in [6, 6.07) is 14.4. The van der Waals surface area contributed by atoms with Gasteiger partial charge in [0.05, 0.1) is 0 Å². The Kier molecular flexibility index (Phi) is 5.40. The first-order chi connectivity index (χ1) is 10.1. The molecule has 0 bridgehead atoms. The Morgan fingerprint density at radius 1 is 1.05 bits per heavy atom. The predicted molar refractivity (Wildman–Crippen MR) is 88.6 cm³/mol. The molecular weight excluding hydrogens is 258 g/mol. The first kappa shape index (κ1) is 15.6. The lowest BCUT2D eigenvalue weighted by atomic mass is 10.0. The van der Waals surface area contributed by atoms with Crippen molar-refractivity contribution in [1.29, 1.82) is 0 Å². The SMILES string of the molecule is Cc1cccc(CNC(C)CCc2ccc(O)cc2)c1C. The highest BCUT2D eigenvalue weighted by atomic mass is 16.3. The van der Waals surface area contributed by atoms with Crippen molar-refractivity contribution in [3.63, 3.8) is 0 Å². The molecule has 0 amide bonds. The first-order valence-electron chi connectivity index (χ1n) is 7.62. The molecular formula is C19H25NO. The van der Waals surface area contributed by atoms with E-state index in [2.05, 4.69) is 44.3 Å². The number of nitrogens with one attached hydrogen (secondary N) is 1. The van der Waals surface area contributed by atoms with Crippen LogP contribution in [0.2, 0.25) is 0 Å². The van der Waals surface area contributed by atoms with Gasteiger partial charge in [0.15, 0.2) is 0 Å². The quantitative estimate of drug-likeness (QED) is 0.836. The summed E-state index contributed by atoms with van der Waals surface area (Å²) in [4.78, 5) is 0. The fourth-order valence-corrected chi connectivity index (χ4v) is 2.44. The molecule has 0 aromatic heterocycles. The van der Waals surface area contributed by atoms with Crippen LogP contribution in [0.4, 0.5) is 0 Å². The van der Waals surface area contributed by atoms with Crippen LogP contribution in [0.15, 0.2) is 42.5 Å². The van der Waals surface area contributed by atoms with Gasteiger partial charge >= 0.3 is 0 Å². The molecule has 0 spiro atoms. The molecule has 0 saturated heterocycles. The van der Waals surface area contributed by atoms with Crippen LogP contribution in [-0.4, -0.2) is 11.1 Å². The normalized spacial score (nSPS) is 12.3. The smallest absolute Gasteiger partial charge is 0.115 e. The summed E-state index contributed by atoms with van der Waals surface area (Å²) in [6.07, 6.45) is 2.12. The molecule has 2 nitrogen and oxygen atoms in total. The van der Waals surface area contributed by atoms with Crippen molar-refractivity contribution in [3.8, 4) is 5.75 Å². The zero-order valence-electron chi connectivity index (χ0n) is 13.2. The molecule has 0 aliphatic carbocycles. The van der Waals surface area contributed by atoms with E-state index in [-0.39, 0.29) is 0 Å². The van der Waals surface area contributed by atoms with Crippen LogP contribution in [0.25, 0.3) is 0 Å². The van der Waals surface area contributed by atoms with Crippen LogP contribution >= 0.6 is 0 Å². The molecule has 1 unspecified atom stereocenters. The largest absolute Gasteiger partial charge is 0.508 e. The van der Waals surface area contributed by atoms with E-state index in [0.717, 1.165) is 19.4 Å². The summed E-state index contributed by atoms with van der Waals surface area (Å²) in [5.74, 6) is 0.333. The van der Waals surface area contributed by atoms with Crippen LogP contribution < -0.4 is 5.32 Å². The molecule has 0 fully saturated rings. The average Bonchev–Trinajstić information content (AvgIpc) is 2.48. The molecule has 2 aromatic carbocycles. The van der Waals surface area contributed by atoms with Gasteiger partial charge in [-0.05, 0) is 68.0 Å². The molecule has 2 rings (SSSR count). The van der Waals surface area contributed by atoms with Gasteiger partial charge in [0.25, 0.3) is 0 Å². The lowest BCUT2D eigenvalue weighted by molar-refractivity contribution is 0.474. The predicted octanol–water partition coefficient (Wildman–Crippen LogP) is 4.12. The second-order valence-electron chi connectivity index (χ2n) is 5.85. The van der Waals surface area contributed by atoms with E-state index in [1.54, 1.807) is 12.1 Å². The number of aromatic hydroxyl groups is 1. The molecule has 2 aromatic rings. The summed E-state index contributed by atoms with van der Waals surface area (Å²) in [7, 11) is 0. The van der Waals surface area contributed by atoms with E-state index < -0.39 is 0 Å². The van der Waals surface area contributed by atoms with Crippen molar-refractivity contribution < 1.29 is 5.11 Å². The fourth-order valence-electron chi connectivity index (χ4n) is 2.44. The highest BCUT2D eigenvalue weighted by Crippen LogP contribution is 2.14. The van der Waals surface area contributed by atoms with Crippen LogP contribution in [-0.2, 0) is 13.0 Å². The number of phenols is 1. The number of benzene rings is 2. The van der Waals surface area contributed by atoms with E-state index >= 15 is 0 Å². The van der Waals surface area contributed by atoms with E-state index in [9.17, 15) is 5.11 Å². The van der Waals surface area contributed by atoms with Gasteiger partial charge in [-0.15, -0.1) is 0 Å². The number of rotatable bonds is 6. The van der Waals surface area contributed by atoms with Crippen LogP contribution in [0.5, 0.6) is 5.75 Å². The molecule has 1 atom stereocenters. The molecule has 2 heteroatoms. The molecule has 0 saturated carbocycles. The number of hydrogen-bond donors (Lipinski definition) is 2. The van der Waals surface area contributed by atoms with Gasteiger partial charge in [0.1, 0.15) is 5.75 Å². The van der Waals surface area contributed by atoms with E-state index in [4.69, 9.17) is 0 Å². The summed E-state index contributed by atoms with van der Waals surface area (Å²) in [5, 5.41) is 12.9. The molecule has 21 heavy (non-hydrogen) atoms. The van der Waals surface area contributed by atoms with Crippen LogP contribution in [0.3, 0.4) is 0 Å². The Morgan fingerprint density at radius 2 is 1.76 bits per heavy atom. The molecule has 0 heterocycles. The first-order valence-corrected chi connectivity index (χ1v) is 7.62. The second kappa shape index (κ2) is 7.28. The van der Waals surface area contributed by atoms with Crippen molar-refractivity contribution in [2.24, 2.45) is 0 Å². The zero-order valence-corrected chi connectivity index (χ0v) is 13.2. The van der Waals surface area contributed by atoms with E-state index in [1.165, 1.54) is 22.3 Å². The lowest BCUT2D eigenvalue weighted by Gasteiger charge is -2.16. The third kappa shape index (κ3) is 4.61. The number of hydrogen-bond acceptors (Lipinski definition) is 2. The van der Waals surface area contributed by atoms with Gasteiger partial charge in [-0.2, -0.15) is 0 Å². The van der Waals surface area contributed by atoms with Gasteiger partial charge < -0.3 is 10.4 Å². The summed E-state index contributed by atoms with van der Waals surface area (Å²) < 4.78 is 0. The molecule has 2 N–H and O–H groups in total.